The molecule has 0 aliphatic rings. The Morgan fingerprint density at radius 1 is 1.07 bits per heavy atom. The van der Waals surface area contributed by atoms with Crippen molar-refractivity contribution >= 4 is 10.9 Å². The van der Waals surface area contributed by atoms with E-state index in [0.717, 1.165) is 51.3 Å². The third-order valence-electron chi connectivity index (χ3n) is 5.09. The van der Waals surface area contributed by atoms with Gasteiger partial charge in [0.05, 0.1) is 17.4 Å². The average Bonchev–Trinajstić information content (AvgIpc) is 3.27. The Morgan fingerprint density at radius 2 is 1.79 bits per heavy atom. The molecule has 2 aromatic heterocycles. The molecule has 0 aliphatic heterocycles. The third-order valence-corrected chi connectivity index (χ3v) is 5.09. The zero-order chi connectivity index (χ0) is 19.7. The molecule has 5 nitrogen and oxygen atoms in total. The first-order valence-electron chi connectivity index (χ1n) is 9.51. The molecule has 0 bridgehead atoms. The zero-order valence-electron chi connectivity index (χ0n) is 16.4. The maximum Gasteiger partial charge on any atom is 0.143 e. The minimum absolute atomic E-state index is 0.591. The van der Waals surface area contributed by atoms with E-state index in [9.17, 15) is 5.11 Å². The molecule has 2 N–H and O–H groups in total. The molecule has 5 heteroatoms. The quantitative estimate of drug-likeness (QED) is 0.509. The van der Waals surface area contributed by atoms with E-state index in [-0.39, 0.29) is 0 Å². The van der Waals surface area contributed by atoms with E-state index >= 15 is 0 Å². The number of hydrogen-bond donors (Lipinski definition) is 2. The highest BCUT2D eigenvalue weighted by atomic mass is 16.5. The van der Waals surface area contributed by atoms with E-state index in [1.54, 1.807) is 0 Å². The van der Waals surface area contributed by atoms with Crippen LogP contribution in [0, 0.1) is 6.92 Å². The maximum atomic E-state index is 11.1. The van der Waals surface area contributed by atoms with Crippen LogP contribution >= 0.6 is 0 Å². The van der Waals surface area contributed by atoms with Gasteiger partial charge >= 0.3 is 0 Å². The lowest BCUT2D eigenvalue weighted by molar-refractivity contribution is 0.156. The van der Waals surface area contributed by atoms with Gasteiger partial charge in [-0.05, 0) is 33.5 Å². The summed E-state index contributed by atoms with van der Waals surface area (Å²) in [4.78, 5) is 5.59. The van der Waals surface area contributed by atoms with Crippen LogP contribution in [0.5, 0.6) is 0 Å². The minimum Gasteiger partial charge on any atom is -0.388 e. The van der Waals surface area contributed by atoms with Gasteiger partial charge in [-0.3, -0.25) is 0 Å². The van der Waals surface area contributed by atoms with Gasteiger partial charge in [-0.2, -0.15) is 0 Å². The molecule has 2 heterocycles. The molecule has 0 spiro atoms. The lowest BCUT2D eigenvalue weighted by Crippen LogP contribution is -2.16. The van der Waals surface area contributed by atoms with Crippen LogP contribution in [0.1, 0.15) is 23.8 Å². The molecule has 0 saturated carbocycles. The summed E-state index contributed by atoms with van der Waals surface area (Å²) in [5.41, 5.74) is 5.45. The number of H-pyrrole nitrogens is 1. The lowest BCUT2D eigenvalue weighted by atomic mass is 9.96. The number of fused-ring (bicyclic) bond motifs is 1. The lowest BCUT2D eigenvalue weighted by Gasteiger charge is -2.16. The monoisotopic (exact) mass is 375 g/mol. The van der Waals surface area contributed by atoms with Gasteiger partial charge in [0.1, 0.15) is 11.5 Å². The standard InChI is InChI=1S/C23H25N3O2/c1-15-20(22(25-28-15)16-9-5-4-6-10-16)23-21(19(27)13-14-26(2)3)17-11-7-8-12-18(17)24-23/h4-12,19,24,27H,13-14H2,1-3H3. The van der Waals surface area contributed by atoms with Crippen LogP contribution in [-0.2, 0) is 0 Å². The Morgan fingerprint density at radius 3 is 2.54 bits per heavy atom. The van der Waals surface area contributed by atoms with Crippen molar-refractivity contribution in [3.8, 4) is 22.5 Å². The van der Waals surface area contributed by atoms with Crippen molar-refractivity contribution in [1.82, 2.24) is 15.0 Å². The Bertz CT molecular complexity index is 1080. The molecule has 0 aliphatic carbocycles. The van der Waals surface area contributed by atoms with Gasteiger partial charge in [-0.25, -0.2) is 0 Å². The van der Waals surface area contributed by atoms with Crippen LogP contribution in [0.3, 0.4) is 0 Å². The van der Waals surface area contributed by atoms with Crippen LogP contribution in [0.4, 0.5) is 0 Å². The fourth-order valence-electron chi connectivity index (χ4n) is 3.69. The summed E-state index contributed by atoms with van der Waals surface area (Å²) in [5.74, 6) is 0.728. The first-order valence-corrected chi connectivity index (χ1v) is 9.51. The summed E-state index contributed by atoms with van der Waals surface area (Å²) in [6.07, 6.45) is 0.0545. The Balaban J connectivity index is 1.91. The first kappa shape index (κ1) is 18.5. The van der Waals surface area contributed by atoms with E-state index in [2.05, 4.69) is 21.1 Å². The summed E-state index contributed by atoms with van der Waals surface area (Å²) >= 11 is 0. The number of aromatic nitrogens is 2. The Hall–Kier alpha value is -2.89. The second kappa shape index (κ2) is 7.62. The number of aliphatic hydroxyl groups is 1. The van der Waals surface area contributed by atoms with E-state index in [4.69, 9.17) is 4.52 Å². The fourth-order valence-corrected chi connectivity index (χ4v) is 3.69. The Kier molecular flexibility index (Phi) is 5.03. The molecule has 1 unspecified atom stereocenters. The molecule has 0 saturated heterocycles. The molecule has 1 atom stereocenters. The molecule has 4 aromatic rings. The van der Waals surface area contributed by atoms with E-state index in [1.165, 1.54) is 0 Å². The maximum absolute atomic E-state index is 11.1. The van der Waals surface area contributed by atoms with Crippen LogP contribution < -0.4 is 0 Å². The van der Waals surface area contributed by atoms with Crippen molar-refractivity contribution in [1.29, 1.82) is 0 Å². The number of aryl methyl sites for hydroxylation is 1. The molecule has 28 heavy (non-hydrogen) atoms. The number of hydrogen-bond acceptors (Lipinski definition) is 4. The zero-order valence-corrected chi connectivity index (χ0v) is 16.4. The molecule has 144 valence electrons. The van der Waals surface area contributed by atoms with Gasteiger partial charge in [0.25, 0.3) is 0 Å². The summed E-state index contributed by atoms with van der Waals surface area (Å²) in [6, 6.07) is 18.1. The number of aromatic amines is 1. The molecule has 0 fully saturated rings. The van der Waals surface area contributed by atoms with Crippen LogP contribution in [0.15, 0.2) is 59.1 Å². The Labute approximate surface area is 164 Å². The number of aliphatic hydroxyl groups excluding tert-OH is 1. The topological polar surface area (TPSA) is 65.3 Å². The normalized spacial score (nSPS) is 12.8. The number of rotatable bonds is 6. The number of nitrogens with one attached hydrogen (secondary N) is 1. The van der Waals surface area contributed by atoms with E-state index in [1.807, 2.05) is 69.6 Å². The third kappa shape index (κ3) is 3.35. The fraction of sp³-hybridized carbons (Fsp3) is 0.261. The van der Waals surface area contributed by atoms with Crippen molar-refractivity contribution in [2.45, 2.75) is 19.4 Å². The highest BCUT2D eigenvalue weighted by molar-refractivity contribution is 5.94. The van der Waals surface area contributed by atoms with Gasteiger partial charge in [-0.1, -0.05) is 53.7 Å². The van der Waals surface area contributed by atoms with Crippen molar-refractivity contribution in [3.63, 3.8) is 0 Å². The molecule has 4 rings (SSSR count). The number of para-hydroxylation sites is 1. The minimum atomic E-state index is -0.591. The van der Waals surface area contributed by atoms with Gasteiger partial charge in [0.15, 0.2) is 0 Å². The van der Waals surface area contributed by atoms with Crippen LogP contribution in [-0.4, -0.2) is 40.8 Å². The van der Waals surface area contributed by atoms with Crippen LogP contribution in [0.25, 0.3) is 33.4 Å². The second-order valence-electron chi connectivity index (χ2n) is 7.40. The second-order valence-corrected chi connectivity index (χ2v) is 7.40. The summed E-state index contributed by atoms with van der Waals surface area (Å²) in [5, 5.41) is 16.4. The molecular formula is C23H25N3O2. The van der Waals surface area contributed by atoms with Crippen molar-refractivity contribution in [3.05, 3.63) is 65.9 Å². The molecule has 0 amide bonds. The smallest absolute Gasteiger partial charge is 0.143 e. The van der Waals surface area contributed by atoms with E-state index in [0.29, 0.717) is 6.42 Å². The van der Waals surface area contributed by atoms with Gasteiger partial charge in [0.2, 0.25) is 0 Å². The molecule has 2 aromatic carbocycles. The molecular weight excluding hydrogens is 350 g/mol. The first-order chi connectivity index (χ1) is 13.6. The largest absolute Gasteiger partial charge is 0.388 e. The summed E-state index contributed by atoms with van der Waals surface area (Å²) < 4.78 is 5.57. The SMILES string of the molecule is Cc1onc(-c2ccccc2)c1-c1[nH]c2ccccc2c1C(O)CCN(C)C. The summed E-state index contributed by atoms with van der Waals surface area (Å²) in [6.45, 7) is 2.71. The van der Waals surface area contributed by atoms with Gasteiger partial charge < -0.3 is 19.5 Å². The van der Waals surface area contributed by atoms with Crippen LogP contribution in [0.2, 0.25) is 0 Å². The van der Waals surface area contributed by atoms with Crippen molar-refractivity contribution in [2.24, 2.45) is 0 Å². The highest BCUT2D eigenvalue weighted by Gasteiger charge is 2.26. The predicted octanol–water partition coefficient (Wildman–Crippen LogP) is 4.78. The number of nitrogens with zero attached hydrogens (tertiary/aromatic N) is 2. The average molecular weight is 375 g/mol. The summed E-state index contributed by atoms with van der Waals surface area (Å²) in [7, 11) is 4.03. The highest BCUT2D eigenvalue weighted by Crippen LogP contribution is 2.41. The van der Waals surface area contributed by atoms with E-state index < -0.39 is 6.10 Å². The van der Waals surface area contributed by atoms with Gasteiger partial charge in [0, 0.05) is 28.6 Å². The van der Waals surface area contributed by atoms with Gasteiger partial charge in [-0.15, -0.1) is 0 Å². The predicted molar refractivity (Wildman–Crippen MR) is 112 cm³/mol. The number of benzene rings is 2. The van der Waals surface area contributed by atoms with Crippen molar-refractivity contribution < 1.29 is 9.63 Å². The van der Waals surface area contributed by atoms with Crippen molar-refractivity contribution in [2.75, 3.05) is 20.6 Å². The molecule has 0 radical (unpaired) electrons.